The molecule has 4 atom stereocenters. The van der Waals surface area contributed by atoms with Gasteiger partial charge in [0, 0.05) is 22.7 Å². The highest BCUT2D eigenvalue weighted by Crippen LogP contribution is 2.57. The zero-order chi connectivity index (χ0) is 24.6. The van der Waals surface area contributed by atoms with Crippen LogP contribution in [0.2, 0.25) is 0 Å². The summed E-state index contributed by atoms with van der Waals surface area (Å²) in [6, 6.07) is 24.6. The van der Waals surface area contributed by atoms with Crippen molar-refractivity contribution < 1.29 is 14.3 Å². The number of carbonyl (C=O) groups excluding carboxylic acids is 2. The van der Waals surface area contributed by atoms with Crippen molar-refractivity contribution in [2.75, 3.05) is 11.5 Å². The second-order valence-corrected chi connectivity index (χ2v) is 8.74. The van der Waals surface area contributed by atoms with Gasteiger partial charge in [-0.1, -0.05) is 78.9 Å². The number of hydrogen-bond acceptors (Lipinski definition) is 5. The summed E-state index contributed by atoms with van der Waals surface area (Å²) >= 11 is 0. The van der Waals surface area contributed by atoms with Crippen molar-refractivity contribution >= 4 is 23.5 Å². The summed E-state index contributed by atoms with van der Waals surface area (Å²) < 4.78 is 5.91. The molecule has 0 unspecified atom stereocenters. The van der Waals surface area contributed by atoms with E-state index in [1.54, 1.807) is 30.3 Å². The SMILES string of the molecule is CCOc1ccccc1[C@@H]1[C@@H](C(=O)c2ccccc2)N2c3ccccc3C=C[C@@H]2[C@@]1(C#N)C(N)=O. The van der Waals surface area contributed by atoms with Crippen molar-refractivity contribution in [2.24, 2.45) is 11.1 Å². The Bertz CT molecular complexity index is 1360. The smallest absolute Gasteiger partial charge is 0.241 e. The Balaban J connectivity index is 1.83. The average Bonchev–Trinajstić information content (AvgIpc) is 3.21. The van der Waals surface area contributed by atoms with E-state index in [-0.39, 0.29) is 5.78 Å². The van der Waals surface area contributed by atoms with Crippen LogP contribution in [-0.4, -0.2) is 30.4 Å². The topological polar surface area (TPSA) is 96.4 Å². The van der Waals surface area contributed by atoms with E-state index >= 15 is 0 Å². The van der Waals surface area contributed by atoms with Crippen molar-refractivity contribution in [3.63, 3.8) is 0 Å². The summed E-state index contributed by atoms with van der Waals surface area (Å²) in [6.07, 6.45) is 3.72. The molecular weight excluding hydrogens is 438 g/mol. The highest BCUT2D eigenvalue weighted by molar-refractivity contribution is 6.06. The van der Waals surface area contributed by atoms with Crippen molar-refractivity contribution in [3.8, 4) is 11.8 Å². The van der Waals surface area contributed by atoms with Gasteiger partial charge in [-0.25, -0.2) is 0 Å². The van der Waals surface area contributed by atoms with Gasteiger partial charge in [0.25, 0.3) is 0 Å². The Morgan fingerprint density at radius 1 is 1.03 bits per heavy atom. The Kier molecular flexibility index (Phi) is 5.62. The number of primary amides is 1. The van der Waals surface area contributed by atoms with Crippen LogP contribution in [0.15, 0.2) is 84.9 Å². The highest BCUT2D eigenvalue weighted by atomic mass is 16.5. The minimum Gasteiger partial charge on any atom is -0.494 e. The third-order valence-electron chi connectivity index (χ3n) is 7.02. The number of rotatable bonds is 6. The molecule has 1 saturated heterocycles. The van der Waals surface area contributed by atoms with E-state index in [2.05, 4.69) is 6.07 Å². The summed E-state index contributed by atoms with van der Waals surface area (Å²) in [4.78, 5) is 29.4. The van der Waals surface area contributed by atoms with Gasteiger partial charge in [-0.15, -0.1) is 0 Å². The molecule has 6 nitrogen and oxygen atoms in total. The third-order valence-corrected chi connectivity index (χ3v) is 7.02. The summed E-state index contributed by atoms with van der Waals surface area (Å²) in [5.41, 5.74) is 7.15. The second kappa shape index (κ2) is 8.77. The molecule has 6 heteroatoms. The number of nitrogens with zero attached hydrogens (tertiary/aromatic N) is 2. The van der Waals surface area contributed by atoms with Gasteiger partial charge in [0.15, 0.2) is 11.2 Å². The molecule has 0 aromatic heterocycles. The molecule has 174 valence electrons. The Morgan fingerprint density at radius 2 is 1.71 bits per heavy atom. The maximum atomic E-state index is 14.2. The first kappa shape index (κ1) is 22.4. The van der Waals surface area contributed by atoms with Crippen molar-refractivity contribution in [1.82, 2.24) is 0 Å². The van der Waals surface area contributed by atoms with Gasteiger partial charge in [0.2, 0.25) is 5.91 Å². The fourth-order valence-electron chi connectivity index (χ4n) is 5.57. The molecule has 2 N–H and O–H groups in total. The maximum Gasteiger partial charge on any atom is 0.241 e. The van der Waals surface area contributed by atoms with Crippen molar-refractivity contribution in [3.05, 3.63) is 102 Å². The normalized spacial score (nSPS) is 24.2. The quantitative estimate of drug-likeness (QED) is 0.549. The fraction of sp³-hybridized carbons (Fsp3) is 0.207. The highest BCUT2D eigenvalue weighted by Gasteiger charge is 2.66. The largest absolute Gasteiger partial charge is 0.494 e. The first-order valence-electron chi connectivity index (χ1n) is 11.6. The molecule has 0 bridgehead atoms. The molecule has 2 heterocycles. The van der Waals surface area contributed by atoms with Gasteiger partial charge in [-0.2, -0.15) is 5.26 Å². The number of carbonyl (C=O) groups is 2. The van der Waals surface area contributed by atoms with Gasteiger partial charge in [-0.3, -0.25) is 9.59 Å². The standard InChI is InChI=1S/C29H25N3O3/c1-2-35-23-15-9-7-13-21(23)25-26(27(33)20-11-4-3-5-12-20)32-22-14-8-6-10-19(22)16-17-24(32)29(25,18-30)28(31)34/h3-17,24-26H,2H2,1H3,(H2,31,34)/t24-,25-,26+,29-/m1/s1. The molecule has 1 amide bonds. The number of hydrogen-bond donors (Lipinski definition) is 1. The molecule has 0 spiro atoms. The van der Waals surface area contributed by atoms with Crippen LogP contribution in [0.5, 0.6) is 5.75 Å². The molecule has 35 heavy (non-hydrogen) atoms. The van der Waals surface area contributed by atoms with E-state index in [1.807, 2.05) is 72.5 Å². The van der Waals surface area contributed by atoms with Crippen LogP contribution in [0, 0.1) is 16.7 Å². The first-order valence-corrected chi connectivity index (χ1v) is 11.6. The van der Waals surface area contributed by atoms with Gasteiger partial charge < -0.3 is 15.4 Å². The minimum absolute atomic E-state index is 0.185. The third kappa shape index (κ3) is 3.31. The Labute approximate surface area is 204 Å². The van der Waals surface area contributed by atoms with Crippen LogP contribution in [0.25, 0.3) is 6.08 Å². The number of ether oxygens (including phenoxy) is 1. The molecule has 2 aliphatic heterocycles. The van der Waals surface area contributed by atoms with Gasteiger partial charge in [0.1, 0.15) is 11.8 Å². The number of nitrogens with two attached hydrogens (primary N) is 1. The fourth-order valence-corrected chi connectivity index (χ4v) is 5.57. The molecular formula is C29H25N3O3. The van der Waals surface area contributed by atoms with E-state index < -0.39 is 29.3 Å². The number of para-hydroxylation sites is 2. The second-order valence-electron chi connectivity index (χ2n) is 8.74. The van der Waals surface area contributed by atoms with Crippen LogP contribution in [0.3, 0.4) is 0 Å². The molecule has 0 radical (unpaired) electrons. The van der Waals surface area contributed by atoms with Crippen LogP contribution in [-0.2, 0) is 4.79 Å². The zero-order valence-electron chi connectivity index (χ0n) is 19.3. The van der Waals surface area contributed by atoms with E-state index in [9.17, 15) is 14.9 Å². The predicted octanol–water partition coefficient (Wildman–Crippen LogP) is 4.33. The molecule has 5 rings (SSSR count). The van der Waals surface area contributed by atoms with Crippen LogP contribution < -0.4 is 15.4 Å². The molecule has 0 saturated carbocycles. The van der Waals surface area contributed by atoms with E-state index in [0.717, 1.165) is 11.3 Å². The average molecular weight is 464 g/mol. The van der Waals surface area contributed by atoms with Crippen LogP contribution >= 0.6 is 0 Å². The summed E-state index contributed by atoms with van der Waals surface area (Å²) in [5.74, 6) is -1.28. The number of fused-ring (bicyclic) bond motifs is 3. The maximum absolute atomic E-state index is 14.2. The van der Waals surface area contributed by atoms with Crippen LogP contribution in [0.1, 0.15) is 34.3 Å². The number of ketones is 1. The lowest BCUT2D eigenvalue weighted by molar-refractivity contribution is -0.125. The minimum atomic E-state index is -1.70. The molecule has 2 aliphatic rings. The Morgan fingerprint density at radius 3 is 2.43 bits per heavy atom. The number of Topliss-reactive ketones (excluding diaryl/α,β-unsaturated/α-hetero) is 1. The van der Waals surface area contributed by atoms with Gasteiger partial charge in [-0.05, 0) is 24.6 Å². The molecule has 0 aliphatic carbocycles. The number of anilines is 1. The van der Waals surface area contributed by atoms with E-state index in [0.29, 0.717) is 23.5 Å². The zero-order valence-corrected chi connectivity index (χ0v) is 19.3. The van der Waals surface area contributed by atoms with Crippen molar-refractivity contribution in [2.45, 2.75) is 24.9 Å². The molecule has 3 aromatic carbocycles. The van der Waals surface area contributed by atoms with E-state index in [4.69, 9.17) is 10.5 Å². The summed E-state index contributed by atoms with van der Waals surface area (Å²) in [6.45, 7) is 2.26. The number of amides is 1. The van der Waals surface area contributed by atoms with Gasteiger partial charge >= 0.3 is 0 Å². The predicted molar refractivity (Wildman–Crippen MR) is 134 cm³/mol. The molecule has 1 fully saturated rings. The first-order chi connectivity index (χ1) is 17.0. The molecule has 3 aromatic rings. The van der Waals surface area contributed by atoms with Gasteiger partial charge in [0.05, 0.1) is 18.7 Å². The van der Waals surface area contributed by atoms with Crippen LogP contribution in [0.4, 0.5) is 5.69 Å². The lowest BCUT2D eigenvalue weighted by atomic mass is 9.67. The van der Waals surface area contributed by atoms with Crippen molar-refractivity contribution in [1.29, 1.82) is 5.26 Å². The lowest BCUT2D eigenvalue weighted by Crippen LogP contribution is -2.49. The van der Waals surface area contributed by atoms with E-state index in [1.165, 1.54) is 0 Å². The number of nitriles is 1. The summed E-state index contributed by atoms with van der Waals surface area (Å²) in [7, 11) is 0. The lowest BCUT2D eigenvalue weighted by Gasteiger charge is -2.36. The summed E-state index contributed by atoms with van der Waals surface area (Å²) in [5, 5.41) is 10.6. The number of benzene rings is 3. The Hall–Kier alpha value is -4.37. The monoisotopic (exact) mass is 463 g/mol.